The van der Waals surface area contributed by atoms with Crippen LogP contribution < -0.4 is 5.32 Å². The van der Waals surface area contributed by atoms with Crippen molar-refractivity contribution in [2.24, 2.45) is 0 Å². The van der Waals surface area contributed by atoms with E-state index in [1.165, 1.54) is 22.0 Å². The van der Waals surface area contributed by atoms with Gasteiger partial charge in [-0.25, -0.2) is 0 Å². The molecule has 3 rings (SSSR count). The maximum Gasteiger partial charge on any atom is 0.0459 e. The highest BCUT2D eigenvalue weighted by molar-refractivity contribution is 5.96. The maximum atomic E-state index is 3.27. The second kappa shape index (κ2) is 3.28. The van der Waals surface area contributed by atoms with Crippen LogP contribution in [-0.4, -0.2) is 0 Å². The van der Waals surface area contributed by atoms with E-state index >= 15 is 0 Å². The lowest BCUT2D eigenvalue weighted by atomic mass is 10.0. The highest BCUT2D eigenvalue weighted by atomic mass is 14.8. The van der Waals surface area contributed by atoms with E-state index in [2.05, 4.69) is 53.9 Å². The molecule has 0 spiro atoms. The van der Waals surface area contributed by atoms with Crippen LogP contribution in [-0.2, 0) is 0 Å². The van der Waals surface area contributed by atoms with Crippen LogP contribution in [0.4, 0.5) is 5.69 Å². The number of nitrogens with one attached hydrogen (secondary N) is 1. The van der Waals surface area contributed by atoms with E-state index in [1.807, 2.05) is 12.3 Å². The molecular formula is C14H11N. The molecule has 1 N–H and O–H groups in total. The van der Waals surface area contributed by atoms with E-state index < -0.39 is 0 Å². The lowest BCUT2D eigenvalue weighted by Gasteiger charge is -2.08. The first-order valence-electron chi connectivity index (χ1n) is 5.07. The van der Waals surface area contributed by atoms with Crippen LogP contribution in [0.2, 0.25) is 0 Å². The van der Waals surface area contributed by atoms with Crippen LogP contribution in [0, 0.1) is 0 Å². The van der Waals surface area contributed by atoms with E-state index in [0.717, 1.165) is 0 Å². The third-order valence-corrected chi connectivity index (χ3v) is 2.68. The monoisotopic (exact) mass is 193 g/mol. The molecule has 1 nitrogen and oxygen atoms in total. The predicted octanol–water partition coefficient (Wildman–Crippen LogP) is 3.79. The molecule has 0 amide bonds. The van der Waals surface area contributed by atoms with Crippen molar-refractivity contribution in [2.45, 2.75) is 0 Å². The minimum atomic E-state index is 1.17. The van der Waals surface area contributed by atoms with Gasteiger partial charge in [0.1, 0.15) is 0 Å². The largest absolute Gasteiger partial charge is 0.361 e. The van der Waals surface area contributed by atoms with Crippen molar-refractivity contribution >= 4 is 22.5 Å². The Bertz CT molecular complexity index is 565. The molecule has 0 fully saturated rings. The van der Waals surface area contributed by atoms with Crippen molar-refractivity contribution in [1.29, 1.82) is 0 Å². The fourth-order valence-electron chi connectivity index (χ4n) is 1.95. The van der Waals surface area contributed by atoms with Crippen molar-refractivity contribution in [3.05, 3.63) is 60.3 Å². The lowest BCUT2D eigenvalue weighted by Crippen LogP contribution is -1.90. The summed E-state index contributed by atoms with van der Waals surface area (Å²) in [6.07, 6.45) is 8.17. The van der Waals surface area contributed by atoms with Gasteiger partial charge in [0.25, 0.3) is 0 Å². The number of allylic oxidation sites excluding steroid dienone is 2. The molecule has 0 atom stereocenters. The number of benzene rings is 2. The van der Waals surface area contributed by atoms with Crippen LogP contribution in [0.3, 0.4) is 0 Å². The molecular weight excluding hydrogens is 182 g/mol. The Kier molecular flexibility index (Phi) is 1.82. The average Bonchev–Trinajstić information content (AvgIpc) is 2.54. The normalized spacial score (nSPS) is 13.3. The third kappa shape index (κ3) is 1.33. The number of rotatable bonds is 0. The third-order valence-electron chi connectivity index (χ3n) is 2.68. The van der Waals surface area contributed by atoms with Gasteiger partial charge in [0, 0.05) is 17.5 Å². The van der Waals surface area contributed by atoms with Crippen LogP contribution in [0.1, 0.15) is 5.56 Å². The van der Waals surface area contributed by atoms with E-state index in [-0.39, 0.29) is 0 Å². The summed E-state index contributed by atoms with van der Waals surface area (Å²) in [6.45, 7) is 0. The fourth-order valence-corrected chi connectivity index (χ4v) is 1.95. The van der Waals surface area contributed by atoms with Crippen LogP contribution >= 0.6 is 0 Å². The molecule has 0 unspecified atom stereocenters. The zero-order valence-electron chi connectivity index (χ0n) is 8.27. The summed E-state index contributed by atoms with van der Waals surface area (Å²) in [4.78, 5) is 0. The zero-order chi connectivity index (χ0) is 10.1. The van der Waals surface area contributed by atoms with Gasteiger partial charge < -0.3 is 5.32 Å². The molecule has 1 heterocycles. The number of anilines is 1. The van der Waals surface area contributed by atoms with Crippen LogP contribution in [0.25, 0.3) is 16.8 Å². The van der Waals surface area contributed by atoms with Crippen LogP contribution in [0.15, 0.2) is 54.8 Å². The highest BCUT2D eigenvalue weighted by Gasteiger charge is 2.04. The number of hydrogen-bond donors (Lipinski definition) is 1. The molecule has 0 bridgehead atoms. The summed E-state index contributed by atoms with van der Waals surface area (Å²) in [5.41, 5.74) is 2.43. The Balaban J connectivity index is 2.38. The molecule has 15 heavy (non-hydrogen) atoms. The quantitative estimate of drug-likeness (QED) is 0.671. The second-order valence-corrected chi connectivity index (χ2v) is 3.61. The number of fused-ring (bicyclic) bond motifs is 3. The summed E-state index contributed by atoms with van der Waals surface area (Å²) < 4.78 is 0. The Morgan fingerprint density at radius 1 is 0.867 bits per heavy atom. The van der Waals surface area contributed by atoms with Crippen molar-refractivity contribution in [2.75, 3.05) is 5.32 Å². The molecule has 0 aliphatic carbocycles. The molecule has 1 aliphatic rings. The van der Waals surface area contributed by atoms with Gasteiger partial charge >= 0.3 is 0 Å². The van der Waals surface area contributed by atoms with Crippen molar-refractivity contribution < 1.29 is 0 Å². The van der Waals surface area contributed by atoms with Crippen LogP contribution in [0.5, 0.6) is 0 Å². The molecule has 1 heteroatoms. The van der Waals surface area contributed by atoms with Gasteiger partial charge in [0.15, 0.2) is 0 Å². The minimum Gasteiger partial charge on any atom is -0.361 e. The zero-order valence-corrected chi connectivity index (χ0v) is 8.27. The predicted molar refractivity (Wildman–Crippen MR) is 65.7 cm³/mol. The topological polar surface area (TPSA) is 12.0 Å². The van der Waals surface area contributed by atoms with Gasteiger partial charge in [0.2, 0.25) is 0 Å². The Morgan fingerprint density at radius 3 is 2.80 bits per heavy atom. The van der Waals surface area contributed by atoms with Gasteiger partial charge in [-0.2, -0.15) is 0 Å². The van der Waals surface area contributed by atoms with Gasteiger partial charge in [-0.15, -0.1) is 0 Å². The molecule has 0 aromatic heterocycles. The molecule has 2 aromatic carbocycles. The summed E-state index contributed by atoms with van der Waals surface area (Å²) >= 11 is 0. The molecule has 2 aromatic rings. The first kappa shape index (κ1) is 8.30. The Labute approximate surface area is 88.7 Å². The molecule has 72 valence electrons. The van der Waals surface area contributed by atoms with Crippen molar-refractivity contribution in [1.82, 2.24) is 0 Å². The van der Waals surface area contributed by atoms with E-state index in [0.29, 0.717) is 0 Å². The maximum absolute atomic E-state index is 3.27. The number of hydrogen-bond acceptors (Lipinski definition) is 1. The summed E-state index contributed by atoms with van der Waals surface area (Å²) in [6, 6.07) is 12.7. The molecule has 0 radical (unpaired) electrons. The molecule has 0 saturated heterocycles. The van der Waals surface area contributed by atoms with E-state index in [1.54, 1.807) is 0 Å². The summed E-state index contributed by atoms with van der Waals surface area (Å²) in [5.74, 6) is 0. The van der Waals surface area contributed by atoms with Gasteiger partial charge in [-0.05, 0) is 22.9 Å². The van der Waals surface area contributed by atoms with E-state index in [9.17, 15) is 0 Å². The average molecular weight is 193 g/mol. The SMILES string of the molecule is C1=CNc2ccc3ccccc3c2C=C1. The minimum absolute atomic E-state index is 1.17. The first-order chi connectivity index (χ1) is 7.45. The van der Waals surface area contributed by atoms with Gasteiger partial charge in [0.05, 0.1) is 0 Å². The first-order valence-corrected chi connectivity index (χ1v) is 5.07. The van der Waals surface area contributed by atoms with E-state index in [4.69, 9.17) is 0 Å². The van der Waals surface area contributed by atoms with Gasteiger partial charge in [-0.3, -0.25) is 0 Å². The second-order valence-electron chi connectivity index (χ2n) is 3.61. The fraction of sp³-hybridized carbons (Fsp3) is 0. The highest BCUT2D eigenvalue weighted by Crippen LogP contribution is 2.28. The molecule has 0 saturated carbocycles. The molecule has 1 aliphatic heterocycles. The smallest absolute Gasteiger partial charge is 0.0459 e. The Hall–Kier alpha value is -2.02. The summed E-state index contributed by atoms with van der Waals surface area (Å²) in [5, 5.41) is 5.85. The Morgan fingerprint density at radius 2 is 1.80 bits per heavy atom. The standard InChI is InChI=1S/C14H11N/c1-2-6-12-11(5-1)8-9-14-13(12)7-3-4-10-15-14/h1-10,15H. The van der Waals surface area contributed by atoms with Gasteiger partial charge in [-0.1, -0.05) is 42.5 Å². The summed E-state index contributed by atoms with van der Waals surface area (Å²) in [7, 11) is 0. The van der Waals surface area contributed by atoms with Crippen molar-refractivity contribution in [3.8, 4) is 0 Å². The lowest BCUT2D eigenvalue weighted by molar-refractivity contribution is 1.60. The van der Waals surface area contributed by atoms with Crippen molar-refractivity contribution in [3.63, 3.8) is 0 Å².